The van der Waals surface area contributed by atoms with Gasteiger partial charge in [0.15, 0.2) is 0 Å². The lowest BCUT2D eigenvalue weighted by Gasteiger charge is -2.49. The van der Waals surface area contributed by atoms with Crippen molar-refractivity contribution in [3.05, 3.63) is 11.3 Å². The minimum Gasteiger partial charge on any atom is -0.335 e. The topological polar surface area (TPSA) is 35.9 Å². The molecule has 1 fully saturated rings. The Kier molecular flexibility index (Phi) is 5.66. The molecule has 26 heavy (non-hydrogen) atoms. The summed E-state index contributed by atoms with van der Waals surface area (Å²) in [6.45, 7) is 24.5. The first kappa shape index (κ1) is 21.0. The average molecular weight is 362 g/mol. The van der Waals surface area contributed by atoms with Crippen molar-refractivity contribution in [1.82, 2.24) is 9.80 Å². The molecule has 1 atom stereocenters. The summed E-state index contributed by atoms with van der Waals surface area (Å²) in [6, 6.07) is 0.153. The number of fused-ring (bicyclic) bond motifs is 1. The lowest BCUT2D eigenvalue weighted by molar-refractivity contribution is -0.135. The van der Waals surface area contributed by atoms with Gasteiger partial charge < -0.3 is 9.80 Å². The Hall–Kier alpha value is -1.32. The molecule has 0 N–H and O–H groups in total. The van der Waals surface area contributed by atoms with Crippen molar-refractivity contribution in [3.8, 4) is 0 Å². The van der Waals surface area contributed by atoms with Gasteiger partial charge in [-0.25, -0.2) is 0 Å². The molecule has 2 aliphatic rings. The van der Waals surface area contributed by atoms with Crippen LogP contribution in [0.2, 0.25) is 0 Å². The first-order valence-electron chi connectivity index (χ1n) is 10.1. The number of carbonyl (C=O) groups is 1. The van der Waals surface area contributed by atoms with Gasteiger partial charge in [0.1, 0.15) is 5.84 Å². The van der Waals surface area contributed by atoms with Gasteiger partial charge in [-0.2, -0.15) is 0 Å². The zero-order valence-electron chi connectivity index (χ0n) is 18.6. The van der Waals surface area contributed by atoms with Crippen LogP contribution in [0.3, 0.4) is 0 Å². The number of piperazine rings is 1. The second-order valence-electron chi connectivity index (χ2n) is 10.6. The van der Waals surface area contributed by atoms with Gasteiger partial charge in [-0.15, -0.1) is 0 Å². The maximum atomic E-state index is 12.7. The normalized spacial score (nSPS) is 22.2. The molecule has 0 aromatic rings. The van der Waals surface area contributed by atoms with Gasteiger partial charge in [0.2, 0.25) is 5.91 Å². The summed E-state index contributed by atoms with van der Waals surface area (Å²) in [7, 11) is 0. The smallest absolute Gasteiger partial charge is 0.225 e. The number of hydrogen-bond donors (Lipinski definition) is 0. The highest BCUT2D eigenvalue weighted by Gasteiger charge is 2.43. The van der Waals surface area contributed by atoms with E-state index in [4.69, 9.17) is 4.99 Å². The maximum absolute atomic E-state index is 12.7. The van der Waals surface area contributed by atoms with Gasteiger partial charge in [-0.3, -0.25) is 9.79 Å². The third-order valence-corrected chi connectivity index (χ3v) is 5.33. The van der Waals surface area contributed by atoms with E-state index in [0.29, 0.717) is 12.5 Å². The quantitative estimate of drug-likeness (QED) is 0.722. The Morgan fingerprint density at radius 2 is 1.62 bits per heavy atom. The predicted molar refractivity (Wildman–Crippen MR) is 110 cm³/mol. The van der Waals surface area contributed by atoms with Crippen LogP contribution in [0, 0.1) is 22.7 Å². The van der Waals surface area contributed by atoms with E-state index in [1.54, 1.807) is 0 Å². The standard InChI is InChI=1S/C22H39N3O/c1-14(2)19-23-18(22(8,9)10)17(21(5,6)7)16-13-24(11-12-25(16)19)20(26)15(3)4/h14-15,18H,11-13H2,1-10H3/t18-/m1/s1. The van der Waals surface area contributed by atoms with Crippen molar-refractivity contribution in [2.24, 2.45) is 27.7 Å². The summed E-state index contributed by atoms with van der Waals surface area (Å²) in [5.41, 5.74) is 2.78. The number of amidine groups is 1. The molecule has 0 aromatic heterocycles. The number of aliphatic imine (C=N–C) groups is 1. The van der Waals surface area contributed by atoms with Crippen LogP contribution < -0.4 is 0 Å². The van der Waals surface area contributed by atoms with E-state index in [0.717, 1.165) is 13.1 Å². The van der Waals surface area contributed by atoms with Crippen molar-refractivity contribution in [2.45, 2.75) is 75.3 Å². The number of carbonyl (C=O) groups excluding carboxylic acids is 1. The molecule has 2 aliphatic heterocycles. The molecule has 0 saturated carbocycles. The van der Waals surface area contributed by atoms with Crippen molar-refractivity contribution < 1.29 is 4.79 Å². The van der Waals surface area contributed by atoms with Crippen LogP contribution in [0.5, 0.6) is 0 Å². The van der Waals surface area contributed by atoms with Crippen LogP contribution in [0.15, 0.2) is 16.3 Å². The zero-order valence-corrected chi connectivity index (χ0v) is 18.6. The van der Waals surface area contributed by atoms with Gasteiger partial charge in [0.25, 0.3) is 0 Å². The molecular formula is C22H39N3O. The molecule has 0 bridgehead atoms. The molecule has 0 spiro atoms. The van der Waals surface area contributed by atoms with Crippen LogP contribution >= 0.6 is 0 Å². The molecule has 4 heteroatoms. The highest BCUT2D eigenvalue weighted by atomic mass is 16.2. The number of rotatable bonds is 2. The van der Waals surface area contributed by atoms with E-state index < -0.39 is 0 Å². The van der Waals surface area contributed by atoms with E-state index >= 15 is 0 Å². The maximum Gasteiger partial charge on any atom is 0.225 e. The Bertz CT molecular complexity index is 614. The molecule has 1 amide bonds. The van der Waals surface area contributed by atoms with Gasteiger partial charge in [-0.05, 0) is 16.4 Å². The Morgan fingerprint density at radius 3 is 2.04 bits per heavy atom. The average Bonchev–Trinajstić information content (AvgIpc) is 2.49. The molecule has 4 nitrogen and oxygen atoms in total. The van der Waals surface area contributed by atoms with Crippen LogP contribution in [-0.2, 0) is 4.79 Å². The van der Waals surface area contributed by atoms with Crippen LogP contribution in [0.25, 0.3) is 0 Å². The molecule has 1 saturated heterocycles. The number of nitrogens with zero attached hydrogens (tertiary/aromatic N) is 3. The van der Waals surface area contributed by atoms with E-state index in [1.165, 1.54) is 17.1 Å². The highest BCUT2D eigenvalue weighted by molar-refractivity contribution is 5.88. The molecule has 0 aromatic carbocycles. The monoisotopic (exact) mass is 361 g/mol. The van der Waals surface area contributed by atoms with Gasteiger partial charge in [-0.1, -0.05) is 69.2 Å². The van der Waals surface area contributed by atoms with Crippen LogP contribution in [0.4, 0.5) is 0 Å². The van der Waals surface area contributed by atoms with Crippen LogP contribution in [-0.4, -0.2) is 47.2 Å². The highest BCUT2D eigenvalue weighted by Crippen LogP contribution is 2.44. The summed E-state index contributed by atoms with van der Waals surface area (Å²) < 4.78 is 0. The van der Waals surface area contributed by atoms with E-state index in [2.05, 4.69) is 60.3 Å². The molecule has 2 rings (SSSR count). The molecular weight excluding hydrogens is 322 g/mol. The largest absolute Gasteiger partial charge is 0.335 e. The second kappa shape index (κ2) is 7.01. The zero-order chi connectivity index (χ0) is 20.0. The summed E-state index contributed by atoms with van der Waals surface area (Å²) in [5.74, 6) is 1.86. The van der Waals surface area contributed by atoms with Crippen molar-refractivity contribution in [1.29, 1.82) is 0 Å². The Morgan fingerprint density at radius 1 is 1.04 bits per heavy atom. The lowest BCUT2D eigenvalue weighted by atomic mass is 9.70. The fraction of sp³-hybridized carbons (Fsp3) is 0.818. The van der Waals surface area contributed by atoms with Gasteiger partial charge >= 0.3 is 0 Å². The molecule has 0 radical (unpaired) electrons. The number of hydrogen-bond acceptors (Lipinski definition) is 3. The summed E-state index contributed by atoms with van der Waals surface area (Å²) in [6.07, 6.45) is 0. The third kappa shape index (κ3) is 3.99. The lowest BCUT2D eigenvalue weighted by Crippen LogP contribution is -2.55. The Labute approximate surface area is 160 Å². The first-order valence-corrected chi connectivity index (χ1v) is 10.1. The van der Waals surface area contributed by atoms with E-state index in [-0.39, 0.29) is 28.7 Å². The van der Waals surface area contributed by atoms with Crippen molar-refractivity contribution in [2.75, 3.05) is 19.6 Å². The summed E-state index contributed by atoms with van der Waals surface area (Å²) >= 11 is 0. The van der Waals surface area contributed by atoms with Crippen molar-refractivity contribution >= 4 is 11.7 Å². The first-order chi connectivity index (χ1) is 11.7. The molecule has 148 valence electrons. The second-order valence-corrected chi connectivity index (χ2v) is 10.6. The van der Waals surface area contributed by atoms with Crippen LogP contribution in [0.1, 0.15) is 69.2 Å². The minimum absolute atomic E-state index is 0.0153. The summed E-state index contributed by atoms with van der Waals surface area (Å²) in [4.78, 5) is 22.4. The number of amides is 1. The van der Waals surface area contributed by atoms with Crippen molar-refractivity contribution in [3.63, 3.8) is 0 Å². The fourth-order valence-corrected chi connectivity index (χ4v) is 4.09. The SMILES string of the molecule is CC(C)C(=O)N1CCN2C(C(C)C)=N[C@@H](C(C)(C)C)C(C(C)(C)C)=C2C1. The fourth-order valence-electron chi connectivity index (χ4n) is 4.09. The molecule has 0 unspecified atom stereocenters. The Balaban J connectivity index is 2.60. The summed E-state index contributed by atoms with van der Waals surface area (Å²) in [5, 5.41) is 0. The minimum atomic E-state index is 0.0153. The predicted octanol–water partition coefficient (Wildman–Crippen LogP) is 4.57. The molecule has 2 heterocycles. The van der Waals surface area contributed by atoms with Gasteiger partial charge in [0.05, 0.1) is 12.6 Å². The van der Waals surface area contributed by atoms with E-state index in [9.17, 15) is 4.79 Å². The van der Waals surface area contributed by atoms with E-state index in [1.807, 2.05) is 18.7 Å². The molecule has 0 aliphatic carbocycles. The van der Waals surface area contributed by atoms with Gasteiger partial charge in [0, 0.05) is 30.6 Å². The third-order valence-electron chi connectivity index (χ3n) is 5.33.